The fourth-order valence-corrected chi connectivity index (χ4v) is 5.28. The summed E-state index contributed by atoms with van der Waals surface area (Å²) in [6.07, 6.45) is -0.780. The minimum atomic E-state index is -4.94. The maximum atomic E-state index is 14.8. The van der Waals surface area contributed by atoms with Gasteiger partial charge in [0.2, 0.25) is 11.8 Å². The van der Waals surface area contributed by atoms with Crippen LogP contribution in [0.25, 0.3) is 11.4 Å². The van der Waals surface area contributed by atoms with Gasteiger partial charge in [0.05, 0.1) is 23.6 Å². The van der Waals surface area contributed by atoms with Gasteiger partial charge in [-0.05, 0) is 30.9 Å². The number of nitrogens with zero attached hydrogens (tertiary/aromatic N) is 5. The number of carbonyl (C=O) groups is 1. The lowest BCUT2D eigenvalue weighted by atomic mass is 9.63. The number of rotatable bonds is 4. The van der Waals surface area contributed by atoms with E-state index in [-0.39, 0.29) is 18.0 Å². The molecule has 2 bridgehead atoms. The first kappa shape index (κ1) is 24.1. The van der Waals surface area contributed by atoms with Crippen molar-refractivity contribution in [1.29, 1.82) is 0 Å². The molecule has 6 rings (SSSR count). The molecule has 4 heterocycles. The number of amides is 2. The molecule has 0 spiro atoms. The number of carbonyl (C=O) groups excluding carboxylic acids is 1. The van der Waals surface area contributed by atoms with Crippen LogP contribution in [0.3, 0.4) is 0 Å². The smallest absolute Gasteiger partial charge is 0.417 e. The van der Waals surface area contributed by atoms with Crippen LogP contribution in [0.4, 0.5) is 32.4 Å². The number of urea groups is 1. The highest BCUT2D eigenvalue weighted by Crippen LogP contribution is 2.56. The van der Waals surface area contributed by atoms with E-state index in [1.54, 1.807) is 6.92 Å². The second-order valence-corrected chi connectivity index (χ2v) is 9.13. The topological polar surface area (TPSA) is 97.0 Å². The maximum Gasteiger partial charge on any atom is 0.417 e. The van der Waals surface area contributed by atoms with Crippen LogP contribution in [0.2, 0.25) is 0 Å². The predicted molar refractivity (Wildman–Crippen MR) is 115 cm³/mol. The van der Waals surface area contributed by atoms with E-state index in [4.69, 9.17) is 4.42 Å². The third-order valence-electron chi connectivity index (χ3n) is 6.87. The Balaban J connectivity index is 1.50. The summed E-state index contributed by atoms with van der Waals surface area (Å²) in [5.74, 6) is -1.69. The summed E-state index contributed by atoms with van der Waals surface area (Å²) in [7, 11) is 0. The fraction of sp³-hybridized carbons (Fsp3) is 0.435. The first-order chi connectivity index (χ1) is 17.0. The molecule has 3 fully saturated rings. The van der Waals surface area contributed by atoms with Gasteiger partial charge in [-0.2, -0.15) is 13.2 Å². The van der Waals surface area contributed by atoms with E-state index in [9.17, 15) is 26.7 Å². The second kappa shape index (κ2) is 8.49. The zero-order valence-corrected chi connectivity index (χ0v) is 19.2. The number of fused-ring (bicyclic) bond motifs is 2. The van der Waals surface area contributed by atoms with Crippen LogP contribution in [0.15, 0.2) is 28.9 Å². The summed E-state index contributed by atoms with van der Waals surface area (Å²) >= 11 is 0. The maximum absolute atomic E-state index is 14.8. The standard InChI is InChI=1S/C23H21F5N6O2/c1-3-12-4-14-8-22(7-12,20-33-32-11(2)36-20)34(14)21(35)31-18-5-15(19-29-9-13(24)10-30-19)16(6-17(18)25)23(26,27)28/h5-6,9-10,12,14H,3-4,7-8H2,1-2H3,(H,31,35)/t12-,14-,22+/m0/s1. The molecule has 13 heteroatoms. The molecule has 190 valence electrons. The van der Waals surface area contributed by atoms with Crippen molar-refractivity contribution in [2.24, 2.45) is 5.92 Å². The Morgan fingerprint density at radius 3 is 2.53 bits per heavy atom. The van der Waals surface area contributed by atoms with Crippen molar-refractivity contribution in [2.75, 3.05) is 5.32 Å². The summed E-state index contributed by atoms with van der Waals surface area (Å²) < 4.78 is 74.6. The third-order valence-corrected chi connectivity index (χ3v) is 6.87. The normalized spacial score (nSPS) is 23.4. The first-order valence-electron chi connectivity index (χ1n) is 11.3. The van der Waals surface area contributed by atoms with E-state index in [1.165, 1.54) is 4.90 Å². The van der Waals surface area contributed by atoms with Crippen LogP contribution < -0.4 is 5.32 Å². The molecule has 1 saturated carbocycles. The summed E-state index contributed by atoms with van der Waals surface area (Å²) in [4.78, 5) is 22.1. The van der Waals surface area contributed by atoms with Crippen molar-refractivity contribution in [3.63, 3.8) is 0 Å². The van der Waals surface area contributed by atoms with E-state index >= 15 is 0 Å². The van der Waals surface area contributed by atoms with Crippen molar-refractivity contribution in [1.82, 2.24) is 25.1 Å². The molecule has 0 unspecified atom stereocenters. The Bertz CT molecular complexity index is 1310. The number of benzene rings is 1. The molecule has 2 amide bonds. The number of alkyl halides is 3. The minimum absolute atomic E-state index is 0.173. The number of halogens is 5. The van der Waals surface area contributed by atoms with Crippen LogP contribution in [-0.4, -0.2) is 37.1 Å². The molecule has 8 nitrogen and oxygen atoms in total. The van der Waals surface area contributed by atoms with Crippen molar-refractivity contribution in [3.8, 4) is 11.4 Å². The number of aromatic nitrogens is 4. The average molecular weight is 508 g/mol. The third kappa shape index (κ3) is 3.95. The SMILES string of the molecule is CC[C@H]1C[C@H]2C[C@@](c3nnc(C)o3)(C1)N2C(=O)Nc1cc(-c2ncc(F)cn2)c(C(F)(F)F)cc1F. The van der Waals surface area contributed by atoms with E-state index in [0.29, 0.717) is 37.0 Å². The van der Waals surface area contributed by atoms with E-state index in [2.05, 4.69) is 25.5 Å². The van der Waals surface area contributed by atoms with E-state index < -0.39 is 52.0 Å². The Kier molecular flexibility index (Phi) is 5.67. The average Bonchev–Trinajstić information content (AvgIpc) is 3.26. The lowest BCUT2D eigenvalue weighted by Gasteiger charge is -2.61. The Morgan fingerprint density at radius 2 is 1.92 bits per heavy atom. The molecule has 1 aromatic carbocycles. The van der Waals surface area contributed by atoms with Crippen LogP contribution >= 0.6 is 0 Å². The minimum Gasteiger partial charge on any atom is -0.423 e. The Morgan fingerprint density at radius 1 is 1.19 bits per heavy atom. The van der Waals surface area contributed by atoms with Gasteiger partial charge in [-0.15, -0.1) is 10.2 Å². The number of hydrogen-bond donors (Lipinski definition) is 1. The second-order valence-electron chi connectivity index (χ2n) is 9.13. The molecule has 2 saturated heterocycles. The molecule has 3 atom stereocenters. The van der Waals surface area contributed by atoms with E-state index in [1.807, 2.05) is 6.92 Å². The quantitative estimate of drug-likeness (QED) is 0.471. The fourth-order valence-electron chi connectivity index (χ4n) is 5.28. The van der Waals surface area contributed by atoms with Gasteiger partial charge in [0, 0.05) is 24.9 Å². The molecule has 3 aliphatic rings. The van der Waals surface area contributed by atoms with Gasteiger partial charge in [-0.1, -0.05) is 13.3 Å². The predicted octanol–water partition coefficient (Wildman–Crippen LogP) is 5.45. The van der Waals surface area contributed by atoms with Gasteiger partial charge in [-0.3, -0.25) is 0 Å². The molecule has 36 heavy (non-hydrogen) atoms. The molecule has 2 aromatic heterocycles. The van der Waals surface area contributed by atoms with Gasteiger partial charge < -0.3 is 14.6 Å². The summed E-state index contributed by atoms with van der Waals surface area (Å²) in [5.41, 5.74) is -3.32. The summed E-state index contributed by atoms with van der Waals surface area (Å²) in [6, 6.07) is 0.186. The van der Waals surface area contributed by atoms with Crippen LogP contribution in [0.5, 0.6) is 0 Å². The lowest BCUT2D eigenvalue weighted by Crippen LogP contribution is -2.70. The van der Waals surface area contributed by atoms with Crippen LogP contribution in [-0.2, 0) is 11.7 Å². The van der Waals surface area contributed by atoms with Gasteiger partial charge in [-0.25, -0.2) is 23.5 Å². The first-order valence-corrected chi connectivity index (χ1v) is 11.3. The zero-order valence-electron chi connectivity index (χ0n) is 19.2. The monoisotopic (exact) mass is 508 g/mol. The van der Waals surface area contributed by atoms with Crippen LogP contribution in [0, 0.1) is 24.5 Å². The summed E-state index contributed by atoms with van der Waals surface area (Å²) in [5, 5.41) is 10.4. The van der Waals surface area contributed by atoms with Crippen molar-refractivity contribution in [2.45, 2.75) is 57.3 Å². The van der Waals surface area contributed by atoms with Gasteiger partial charge in [0.1, 0.15) is 11.4 Å². The molecular weight excluding hydrogens is 487 g/mol. The molecule has 2 aliphatic heterocycles. The molecule has 3 aromatic rings. The Labute approximate surface area is 201 Å². The lowest BCUT2D eigenvalue weighted by molar-refractivity contribution is -0.137. The number of aryl methyl sites for hydroxylation is 1. The molecule has 1 N–H and O–H groups in total. The van der Waals surface area contributed by atoms with E-state index in [0.717, 1.165) is 18.9 Å². The van der Waals surface area contributed by atoms with Gasteiger partial charge >= 0.3 is 12.2 Å². The highest BCUT2D eigenvalue weighted by molar-refractivity contribution is 5.92. The van der Waals surface area contributed by atoms with Gasteiger partial charge in [0.25, 0.3) is 0 Å². The molecule has 0 radical (unpaired) electrons. The number of nitrogens with one attached hydrogen (secondary N) is 1. The highest BCUT2D eigenvalue weighted by atomic mass is 19.4. The molecular formula is C23H21F5N6O2. The number of piperidine rings is 1. The summed E-state index contributed by atoms with van der Waals surface area (Å²) in [6.45, 7) is 3.67. The Hall–Kier alpha value is -3.64. The van der Waals surface area contributed by atoms with Crippen molar-refractivity contribution >= 4 is 11.7 Å². The zero-order chi connectivity index (χ0) is 25.8. The molecule has 1 aliphatic carbocycles. The highest BCUT2D eigenvalue weighted by Gasteiger charge is 2.62. The largest absolute Gasteiger partial charge is 0.423 e. The number of hydrogen-bond acceptors (Lipinski definition) is 6. The van der Waals surface area contributed by atoms with Gasteiger partial charge in [0.15, 0.2) is 11.6 Å². The number of anilines is 1. The van der Waals surface area contributed by atoms with Crippen LogP contribution in [0.1, 0.15) is 50.0 Å². The van der Waals surface area contributed by atoms with Crippen molar-refractivity contribution < 1.29 is 31.2 Å². The van der Waals surface area contributed by atoms with Crippen molar-refractivity contribution in [3.05, 3.63) is 53.5 Å².